The van der Waals surface area contributed by atoms with Gasteiger partial charge in [-0.15, -0.1) is 0 Å². The Morgan fingerprint density at radius 2 is 2.07 bits per heavy atom. The lowest BCUT2D eigenvalue weighted by Crippen LogP contribution is -2.33. The molecule has 1 aliphatic heterocycles. The Morgan fingerprint density at radius 3 is 2.67 bits per heavy atom. The van der Waals surface area contributed by atoms with E-state index in [0.29, 0.717) is 0 Å². The molecule has 4 heteroatoms. The molecule has 1 aromatic heterocycles. The van der Waals surface area contributed by atoms with E-state index < -0.39 is 0 Å². The van der Waals surface area contributed by atoms with Gasteiger partial charge in [0, 0.05) is 17.9 Å². The molecule has 0 aromatic carbocycles. The van der Waals surface area contributed by atoms with E-state index in [9.17, 15) is 5.11 Å². The van der Waals surface area contributed by atoms with Gasteiger partial charge in [0.1, 0.15) is 0 Å². The third-order valence-electron chi connectivity index (χ3n) is 2.82. The fourth-order valence-corrected chi connectivity index (χ4v) is 2.12. The van der Waals surface area contributed by atoms with Crippen molar-refractivity contribution < 1.29 is 5.11 Å². The predicted molar refractivity (Wildman–Crippen MR) is 59.0 cm³/mol. The lowest BCUT2D eigenvalue weighted by molar-refractivity contribution is 0.265. The zero-order chi connectivity index (χ0) is 10.8. The second-order valence-electron chi connectivity index (χ2n) is 4.12. The Bertz CT molecular complexity index is 333. The first kappa shape index (κ1) is 10.4. The van der Waals surface area contributed by atoms with E-state index in [1.807, 2.05) is 19.9 Å². The van der Waals surface area contributed by atoms with Crippen LogP contribution < -0.4 is 4.90 Å². The lowest BCUT2D eigenvalue weighted by Gasteiger charge is -2.23. The van der Waals surface area contributed by atoms with Gasteiger partial charge >= 0.3 is 0 Å². The molecule has 0 spiro atoms. The fraction of sp³-hybridized carbons (Fsp3) is 0.636. The minimum Gasteiger partial charge on any atom is -0.394 e. The maximum atomic E-state index is 9.24. The van der Waals surface area contributed by atoms with Crippen LogP contribution in [0.15, 0.2) is 6.07 Å². The molecule has 0 amide bonds. The Morgan fingerprint density at radius 1 is 1.40 bits per heavy atom. The van der Waals surface area contributed by atoms with Gasteiger partial charge in [-0.2, -0.15) is 0 Å². The van der Waals surface area contributed by atoms with Crippen LogP contribution in [0.5, 0.6) is 0 Å². The molecule has 0 bridgehead atoms. The first-order valence-corrected chi connectivity index (χ1v) is 5.40. The summed E-state index contributed by atoms with van der Waals surface area (Å²) in [6.07, 6.45) is 2.15. The molecule has 2 heterocycles. The van der Waals surface area contributed by atoms with Gasteiger partial charge in [-0.3, -0.25) is 0 Å². The van der Waals surface area contributed by atoms with Crippen LogP contribution in [0.25, 0.3) is 0 Å². The third-order valence-corrected chi connectivity index (χ3v) is 2.82. The Kier molecular flexibility index (Phi) is 2.86. The van der Waals surface area contributed by atoms with Crippen molar-refractivity contribution in [2.75, 3.05) is 18.1 Å². The van der Waals surface area contributed by atoms with E-state index in [1.54, 1.807) is 0 Å². The average molecular weight is 207 g/mol. The molecule has 4 nitrogen and oxygen atoms in total. The van der Waals surface area contributed by atoms with E-state index in [4.69, 9.17) is 0 Å². The Balaban J connectivity index is 2.28. The van der Waals surface area contributed by atoms with E-state index in [1.165, 1.54) is 0 Å². The summed E-state index contributed by atoms with van der Waals surface area (Å²) in [6.45, 7) is 5.09. The predicted octanol–water partition coefficient (Wildman–Crippen LogP) is 1.05. The van der Waals surface area contributed by atoms with E-state index in [0.717, 1.165) is 36.7 Å². The fourth-order valence-electron chi connectivity index (χ4n) is 2.12. The molecule has 1 saturated heterocycles. The SMILES string of the molecule is Cc1cc(C)nc(N2CCCC2CO)n1. The zero-order valence-electron chi connectivity index (χ0n) is 9.27. The van der Waals surface area contributed by atoms with Crippen LogP contribution >= 0.6 is 0 Å². The van der Waals surface area contributed by atoms with Crippen molar-refractivity contribution >= 4 is 5.95 Å². The molecule has 0 radical (unpaired) electrons. The molecule has 1 atom stereocenters. The number of aliphatic hydroxyl groups excluding tert-OH is 1. The summed E-state index contributed by atoms with van der Waals surface area (Å²) in [5.41, 5.74) is 1.97. The third kappa shape index (κ3) is 2.09. The van der Waals surface area contributed by atoms with Crippen LogP contribution in [0.3, 0.4) is 0 Å². The Labute approximate surface area is 90.0 Å². The van der Waals surface area contributed by atoms with Gasteiger partial charge in [-0.25, -0.2) is 9.97 Å². The molecule has 0 saturated carbocycles. The van der Waals surface area contributed by atoms with Crippen molar-refractivity contribution in [1.82, 2.24) is 9.97 Å². The number of aromatic nitrogens is 2. The van der Waals surface area contributed by atoms with Crippen LogP contribution in [-0.4, -0.2) is 34.3 Å². The molecule has 2 rings (SSSR count). The summed E-state index contributed by atoms with van der Waals surface area (Å²) >= 11 is 0. The van der Waals surface area contributed by atoms with Crippen molar-refractivity contribution in [3.05, 3.63) is 17.5 Å². The number of rotatable bonds is 2. The number of aliphatic hydroxyl groups is 1. The van der Waals surface area contributed by atoms with Crippen LogP contribution in [0.4, 0.5) is 5.95 Å². The van der Waals surface area contributed by atoms with Gasteiger partial charge in [-0.1, -0.05) is 0 Å². The van der Waals surface area contributed by atoms with Gasteiger partial charge in [-0.05, 0) is 32.8 Å². The van der Waals surface area contributed by atoms with Gasteiger partial charge in [0.25, 0.3) is 0 Å². The summed E-state index contributed by atoms with van der Waals surface area (Å²) in [6, 6.07) is 2.17. The molecule has 0 aliphatic carbocycles. The average Bonchev–Trinajstić information content (AvgIpc) is 2.63. The van der Waals surface area contributed by atoms with Gasteiger partial charge in [0.2, 0.25) is 5.95 Å². The number of hydrogen-bond donors (Lipinski definition) is 1. The summed E-state index contributed by atoms with van der Waals surface area (Å²) in [5, 5.41) is 9.24. The van der Waals surface area contributed by atoms with Crippen LogP contribution in [0, 0.1) is 13.8 Å². The highest BCUT2D eigenvalue weighted by molar-refractivity contribution is 5.35. The molecule has 15 heavy (non-hydrogen) atoms. The number of aryl methyl sites for hydroxylation is 2. The minimum atomic E-state index is 0.191. The maximum absolute atomic E-state index is 9.24. The van der Waals surface area contributed by atoms with Gasteiger partial charge in [0.15, 0.2) is 0 Å². The summed E-state index contributed by atoms with van der Waals surface area (Å²) in [4.78, 5) is 10.9. The van der Waals surface area contributed by atoms with Crippen LogP contribution in [0.1, 0.15) is 24.2 Å². The maximum Gasteiger partial charge on any atom is 0.226 e. The summed E-state index contributed by atoms with van der Waals surface area (Å²) in [5.74, 6) is 0.768. The summed E-state index contributed by atoms with van der Waals surface area (Å²) < 4.78 is 0. The lowest BCUT2D eigenvalue weighted by atomic mass is 10.2. The highest BCUT2D eigenvalue weighted by atomic mass is 16.3. The quantitative estimate of drug-likeness (QED) is 0.787. The van der Waals surface area contributed by atoms with Gasteiger partial charge < -0.3 is 10.0 Å². The van der Waals surface area contributed by atoms with Crippen LogP contribution in [0.2, 0.25) is 0 Å². The molecule has 1 fully saturated rings. The topological polar surface area (TPSA) is 49.2 Å². The van der Waals surface area contributed by atoms with E-state index in [-0.39, 0.29) is 12.6 Å². The van der Waals surface area contributed by atoms with Crippen molar-refractivity contribution in [1.29, 1.82) is 0 Å². The highest BCUT2D eigenvalue weighted by Gasteiger charge is 2.25. The largest absolute Gasteiger partial charge is 0.394 e. The van der Waals surface area contributed by atoms with E-state index >= 15 is 0 Å². The second kappa shape index (κ2) is 4.14. The normalized spacial score (nSPS) is 21.0. The van der Waals surface area contributed by atoms with Crippen molar-refractivity contribution in [2.45, 2.75) is 32.7 Å². The molecule has 1 aromatic rings. The van der Waals surface area contributed by atoms with E-state index in [2.05, 4.69) is 14.9 Å². The second-order valence-corrected chi connectivity index (χ2v) is 4.12. The number of nitrogens with zero attached hydrogens (tertiary/aromatic N) is 3. The standard InChI is InChI=1S/C11H17N3O/c1-8-6-9(2)13-11(12-8)14-5-3-4-10(14)7-15/h6,10,15H,3-5,7H2,1-2H3. The summed E-state index contributed by atoms with van der Waals surface area (Å²) in [7, 11) is 0. The number of anilines is 1. The van der Waals surface area contributed by atoms with Crippen molar-refractivity contribution in [3.8, 4) is 0 Å². The van der Waals surface area contributed by atoms with Crippen molar-refractivity contribution in [3.63, 3.8) is 0 Å². The molecule has 1 unspecified atom stereocenters. The molecule has 1 N–H and O–H groups in total. The molecular weight excluding hydrogens is 190 g/mol. The first-order chi connectivity index (χ1) is 7.20. The number of hydrogen-bond acceptors (Lipinski definition) is 4. The first-order valence-electron chi connectivity index (χ1n) is 5.40. The van der Waals surface area contributed by atoms with Gasteiger partial charge in [0.05, 0.1) is 12.6 Å². The Hall–Kier alpha value is -1.16. The minimum absolute atomic E-state index is 0.191. The molecule has 1 aliphatic rings. The zero-order valence-corrected chi connectivity index (χ0v) is 9.27. The highest BCUT2D eigenvalue weighted by Crippen LogP contribution is 2.22. The smallest absolute Gasteiger partial charge is 0.226 e. The molecular formula is C11H17N3O. The van der Waals surface area contributed by atoms with Crippen LogP contribution in [-0.2, 0) is 0 Å². The van der Waals surface area contributed by atoms with Crippen molar-refractivity contribution in [2.24, 2.45) is 0 Å². The molecule has 82 valence electrons. The monoisotopic (exact) mass is 207 g/mol.